The molecule has 0 aliphatic carbocycles. The molecule has 1 aliphatic rings. The number of nitro groups is 1. The number of hydrogen-bond donors (Lipinski definition) is 1. The van der Waals surface area contributed by atoms with E-state index in [9.17, 15) is 14.9 Å². The summed E-state index contributed by atoms with van der Waals surface area (Å²) < 4.78 is 0. The van der Waals surface area contributed by atoms with Crippen LogP contribution in [-0.4, -0.2) is 53.4 Å². The number of hydrogen-bond acceptors (Lipinski definition) is 5. The molecule has 2 aromatic rings. The molecule has 9 heteroatoms. The van der Waals surface area contributed by atoms with Crippen LogP contribution in [0.3, 0.4) is 0 Å². The first-order chi connectivity index (χ1) is 13.4. The molecule has 0 saturated carbocycles. The third-order valence-corrected chi connectivity index (χ3v) is 5.15. The normalized spacial score (nSPS) is 15.4. The summed E-state index contributed by atoms with van der Waals surface area (Å²) in [6.07, 6.45) is 0. The van der Waals surface area contributed by atoms with Crippen LogP contribution in [-0.2, 0) is 11.3 Å². The topological polar surface area (TPSA) is 78.7 Å². The predicted molar refractivity (Wildman–Crippen MR) is 110 cm³/mol. The van der Waals surface area contributed by atoms with Crippen LogP contribution in [0, 0.1) is 10.1 Å². The van der Waals surface area contributed by atoms with E-state index in [1.54, 1.807) is 0 Å². The molecule has 0 spiro atoms. The van der Waals surface area contributed by atoms with E-state index in [4.69, 9.17) is 23.2 Å². The Labute approximate surface area is 173 Å². The summed E-state index contributed by atoms with van der Waals surface area (Å²) in [4.78, 5) is 26.9. The van der Waals surface area contributed by atoms with Gasteiger partial charge in [-0.15, -0.1) is 0 Å². The summed E-state index contributed by atoms with van der Waals surface area (Å²) in [5.41, 5.74) is 1.47. The lowest BCUT2D eigenvalue weighted by atomic mass is 10.2. The Bertz CT molecular complexity index is 853. The van der Waals surface area contributed by atoms with Gasteiger partial charge in [-0.3, -0.25) is 24.7 Å². The van der Waals surface area contributed by atoms with E-state index in [0.717, 1.165) is 37.7 Å². The zero-order chi connectivity index (χ0) is 20.1. The van der Waals surface area contributed by atoms with Crippen LogP contribution < -0.4 is 5.32 Å². The fourth-order valence-corrected chi connectivity index (χ4v) is 3.41. The highest BCUT2D eigenvalue weighted by Crippen LogP contribution is 2.26. The number of rotatable bonds is 6. The van der Waals surface area contributed by atoms with Gasteiger partial charge in [0.05, 0.1) is 22.2 Å². The van der Waals surface area contributed by atoms with Gasteiger partial charge < -0.3 is 5.32 Å². The molecule has 3 rings (SSSR count). The fourth-order valence-electron chi connectivity index (χ4n) is 3.07. The van der Waals surface area contributed by atoms with E-state index in [1.807, 2.05) is 24.3 Å². The average molecular weight is 423 g/mol. The Morgan fingerprint density at radius 3 is 2.29 bits per heavy atom. The van der Waals surface area contributed by atoms with Crippen molar-refractivity contribution in [1.29, 1.82) is 0 Å². The third kappa shape index (κ3) is 5.65. The van der Waals surface area contributed by atoms with Crippen LogP contribution in [0.5, 0.6) is 0 Å². The maximum atomic E-state index is 12.3. The first kappa shape index (κ1) is 20.5. The monoisotopic (exact) mass is 422 g/mol. The van der Waals surface area contributed by atoms with Crippen LogP contribution in [0.2, 0.25) is 10.0 Å². The molecule has 7 nitrogen and oxygen atoms in total. The number of carbonyl (C=O) groups excluding carboxylic acids is 1. The van der Waals surface area contributed by atoms with Crippen molar-refractivity contribution in [2.45, 2.75) is 6.54 Å². The van der Waals surface area contributed by atoms with Gasteiger partial charge in [0.1, 0.15) is 0 Å². The average Bonchev–Trinajstić information content (AvgIpc) is 2.66. The minimum absolute atomic E-state index is 0.111. The number of carbonyl (C=O) groups is 1. The number of halogens is 2. The zero-order valence-electron chi connectivity index (χ0n) is 15.1. The van der Waals surface area contributed by atoms with Crippen molar-refractivity contribution in [2.24, 2.45) is 0 Å². The lowest BCUT2D eigenvalue weighted by Crippen LogP contribution is -2.48. The number of nitro benzene ring substituents is 1. The van der Waals surface area contributed by atoms with Crippen LogP contribution in [0.15, 0.2) is 42.5 Å². The summed E-state index contributed by atoms with van der Waals surface area (Å²) in [5.74, 6) is -0.193. The summed E-state index contributed by atoms with van der Waals surface area (Å²) >= 11 is 11.9. The Kier molecular flexibility index (Phi) is 6.85. The van der Waals surface area contributed by atoms with Crippen molar-refractivity contribution in [3.8, 4) is 0 Å². The molecule has 148 valence electrons. The quantitative estimate of drug-likeness (QED) is 0.567. The third-order valence-electron chi connectivity index (χ3n) is 4.59. The molecular weight excluding hydrogens is 403 g/mol. The van der Waals surface area contributed by atoms with Gasteiger partial charge in [-0.1, -0.05) is 35.3 Å². The second-order valence-electron chi connectivity index (χ2n) is 6.65. The van der Waals surface area contributed by atoms with Crippen LogP contribution in [0.4, 0.5) is 11.4 Å². The summed E-state index contributed by atoms with van der Waals surface area (Å²) in [7, 11) is 0. The van der Waals surface area contributed by atoms with Crippen molar-refractivity contribution in [2.75, 3.05) is 38.0 Å². The number of benzene rings is 2. The minimum atomic E-state index is -0.527. The molecule has 0 atom stereocenters. The van der Waals surface area contributed by atoms with E-state index in [0.29, 0.717) is 5.69 Å². The van der Waals surface area contributed by atoms with Crippen molar-refractivity contribution in [1.82, 2.24) is 9.80 Å². The van der Waals surface area contributed by atoms with E-state index in [-0.39, 0.29) is 23.2 Å². The predicted octanol–water partition coefficient (Wildman–Crippen LogP) is 3.66. The van der Waals surface area contributed by atoms with Gasteiger partial charge >= 0.3 is 0 Å². The fraction of sp³-hybridized carbons (Fsp3) is 0.316. The van der Waals surface area contributed by atoms with Gasteiger partial charge in [0, 0.05) is 49.9 Å². The van der Waals surface area contributed by atoms with Gasteiger partial charge in [-0.25, -0.2) is 0 Å². The standard InChI is InChI=1S/C19H20Cl2N4O3/c20-15-3-1-14(2-4-15)12-23-7-9-24(10-8-23)13-19(26)22-18-6-5-16(25(27)28)11-17(18)21/h1-6,11H,7-10,12-13H2,(H,22,26). The van der Waals surface area contributed by atoms with Crippen LogP contribution in [0.1, 0.15) is 5.56 Å². The number of amides is 1. The summed E-state index contributed by atoms with van der Waals surface area (Å²) in [6.45, 7) is 4.42. The van der Waals surface area contributed by atoms with E-state index < -0.39 is 4.92 Å². The second kappa shape index (κ2) is 9.34. The number of non-ortho nitro benzene ring substituents is 1. The van der Waals surface area contributed by atoms with Gasteiger partial charge in [-0.05, 0) is 23.8 Å². The minimum Gasteiger partial charge on any atom is -0.324 e. The SMILES string of the molecule is O=C(CN1CCN(Cc2ccc(Cl)cc2)CC1)Nc1ccc([N+](=O)[O-])cc1Cl. The molecule has 0 bridgehead atoms. The molecular formula is C19H20Cl2N4O3. The first-order valence-corrected chi connectivity index (χ1v) is 9.59. The Hall–Kier alpha value is -2.19. The molecule has 1 heterocycles. The van der Waals surface area contributed by atoms with Gasteiger partial charge in [-0.2, -0.15) is 0 Å². The summed E-state index contributed by atoms with van der Waals surface area (Å²) in [5, 5.41) is 14.3. The van der Waals surface area contributed by atoms with Crippen LogP contribution >= 0.6 is 23.2 Å². The Morgan fingerprint density at radius 2 is 1.68 bits per heavy atom. The molecule has 0 radical (unpaired) electrons. The maximum Gasteiger partial charge on any atom is 0.271 e. The van der Waals surface area contributed by atoms with Crippen molar-refractivity contribution >= 4 is 40.5 Å². The number of piperazine rings is 1. The number of nitrogens with one attached hydrogen (secondary N) is 1. The lowest BCUT2D eigenvalue weighted by Gasteiger charge is -2.34. The van der Waals surface area contributed by atoms with Crippen molar-refractivity contribution in [3.63, 3.8) is 0 Å². The Balaban J connectivity index is 1.46. The molecule has 0 aromatic heterocycles. The molecule has 28 heavy (non-hydrogen) atoms. The highest BCUT2D eigenvalue weighted by molar-refractivity contribution is 6.34. The molecule has 2 aromatic carbocycles. The van der Waals surface area contributed by atoms with E-state index in [1.165, 1.54) is 23.8 Å². The molecule has 1 fully saturated rings. The van der Waals surface area contributed by atoms with E-state index in [2.05, 4.69) is 15.1 Å². The van der Waals surface area contributed by atoms with Gasteiger partial charge in [0.25, 0.3) is 5.69 Å². The Morgan fingerprint density at radius 1 is 1.04 bits per heavy atom. The van der Waals surface area contributed by atoms with Gasteiger partial charge in [0.2, 0.25) is 5.91 Å². The van der Waals surface area contributed by atoms with Crippen LogP contribution in [0.25, 0.3) is 0 Å². The molecule has 1 saturated heterocycles. The lowest BCUT2D eigenvalue weighted by molar-refractivity contribution is -0.384. The second-order valence-corrected chi connectivity index (χ2v) is 7.49. The molecule has 1 aliphatic heterocycles. The highest BCUT2D eigenvalue weighted by Gasteiger charge is 2.20. The largest absolute Gasteiger partial charge is 0.324 e. The number of anilines is 1. The van der Waals surface area contributed by atoms with Gasteiger partial charge in [0.15, 0.2) is 0 Å². The van der Waals surface area contributed by atoms with Crippen molar-refractivity contribution < 1.29 is 9.72 Å². The summed E-state index contributed by atoms with van der Waals surface area (Å²) in [6, 6.07) is 11.8. The molecule has 0 unspecified atom stereocenters. The molecule has 1 N–H and O–H groups in total. The number of nitrogens with zero attached hydrogens (tertiary/aromatic N) is 3. The molecule has 1 amide bonds. The zero-order valence-corrected chi connectivity index (χ0v) is 16.6. The smallest absolute Gasteiger partial charge is 0.271 e. The maximum absolute atomic E-state index is 12.3. The van der Waals surface area contributed by atoms with E-state index >= 15 is 0 Å². The first-order valence-electron chi connectivity index (χ1n) is 8.83. The highest BCUT2D eigenvalue weighted by atomic mass is 35.5. The van der Waals surface area contributed by atoms with Crippen molar-refractivity contribution in [3.05, 3.63) is 68.2 Å².